The summed E-state index contributed by atoms with van der Waals surface area (Å²) in [6, 6.07) is 12.8. The van der Waals surface area contributed by atoms with Crippen LogP contribution in [0.4, 0.5) is 0 Å². The van der Waals surface area contributed by atoms with Gasteiger partial charge >= 0.3 is 0 Å². The second-order valence-corrected chi connectivity index (χ2v) is 5.69. The van der Waals surface area contributed by atoms with Gasteiger partial charge < -0.3 is 4.74 Å². The van der Waals surface area contributed by atoms with Crippen molar-refractivity contribution < 1.29 is 9.53 Å². The molecule has 0 saturated carbocycles. The van der Waals surface area contributed by atoms with E-state index in [0.717, 1.165) is 15.6 Å². The molecule has 6 heteroatoms. The number of halogens is 2. The van der Waals surface area contributed by atoms with Crippen molar-refractivity contribution in [3.8, 4) is 0 Å². The van der Waals surface area contributed by atoms with Gasteiger partial charge in [0, 0.05) is 15.1 Å². The number of carbonyl (C=O) groups excluding carboxylic acids is 1. The van der Waals surface area contributed by atoms with Gasteiger partial charge in [0.1, 0.15) is 0 Å². The lowest BCUT2D eigenvalue weighted by atomic mass is 10.1. The largest absolute Gasteiger partial charge is 0.372 e. The van der Waals surface area contributed by atoms with Gasteiger partial charge in [-0.25, -0.2) is 5.84 Å². The maximum Gasteiger partial charge on any atom is 0.265 e. The van der Waals surface area contributed by atoms with E-state index in [2.05, 4.69) is 21.4 Å². The van der Waals surface area contributed by atoms with Crippen LogP contribution in [0.2, 0.25) is 5.02 Å². The number of rotatable bonds is 5. The van der Waals surface area contributed by atoms with Crippen LogP contribution in [0.3, 0.4) is 0 Å². The zero-order chi connectivity index (χ0) is 15.2. The number of amides is 1. The molecule has 0 fully saturated rings. The van der Waals surface area contributed by atoms with Gasteiger partial charge in [0.25, 0.3) is 5.91 Å². The molecule has 3 N–H and O–H groups in total. The molecule has 0 aliphatic heterocycles. The van der Waals surface area contributed by atoms with Gasteiger partial charge in [-0.1, -0.05) is 45.7 Å². The molecule has 0 aliphatic rings. The van der Waals surface area contributed by atoms with Crippen LogP contribution >= 0.6 is 27.5 Å². The molecular weight excluding hydrogens is 356 g/mol. The Morgan fingerprint density at radius 2 is 2.05 bits per heavy atom. The van der Waals surface area contributed by atoms with Crippen LogP contribution < -0.4 is 11.3 Å². The third-order valence-corrected chi connectivity index (χ3v) is 3.83. The van der Waals surface area contributed by atoms with Crippen molar-refractivity contribution in [1.29, 1.82) is 0 Å². The predicted octanol–water partition coefficient (Wildman–Crippen LogP) is 3.42. The second-order valence-electron chi connectivity index (χ2n) is 4.40. The maximum absolute atomic E-state index is 11.4. The lowest BCUT2D eigenvalue weighted by molar-refractivity contribution is 0.0952. The summed E-state index contributed by atoms with van der Waals surface area (Å²) in [6.07, 6.45) is 0. The van der Waals surface area contributed by atoms with E-state index < -0.39 is 0 Å². The molecule has 2 aromatic carbocycles. The molecule has 0 unspecified atom stereocenters. The highest BCUT2D eigenvalue weighted by Gasteiger charge is 2.07. The first kappa shape index (κ1) is 16.0. The molecule has 2 aromatic rings. The number of nitrogens with one attached hydrogen (secondary N) is 1. The molecular formula is C15H14BrClN2O2. The second kappa shape index (κ2) is 7.56. The number of nitrogen functional groups attached to an aromatic ring is 1. The highest BCUT2D eigenvalue weighted by Crippen LogP contribution is 2.20. The summed E-state index contributed by atoms with van der Waals surface area (Å²) in [5, 5.41) is 0.689. The normalized spacial score (nSPS) is 10.4. The van der Waals surface area contributed by atoms with E-state index in [1.165, 1.54) is 0 Å². The maximum atomic E-state index is 11.4. The Labute approximate surface area is 136 Å². The number of carbonyl (C=O) groups is 1. The van der Waals surface area contributed by atoms with E-state index in [1.54, 1.807) is 12.1 Å². The first-order chi connectivity index (χ1) is 10.1. The summed E-state index contributed by atoms with van der Waals surface area (Å²) < 4.78 is 6.46. The van der Waals surface area contributed by atoms with Crippen molar-refractivity contribution in [2.75, 3.05) is 0 Å². The minimum Gasteiger partial charge on any atom is -0.372 e. The Morgan fingerprint density at radius 1 is 1.24 bits per heavy atom. The molecule has 0 aliphatic carbocycles. The van der Waals surface area contributed by atoms with Crippen LogP contribution in [0.1, 0.15) is 21.5 Å². The number of nitrogens with two attached hydrogens (primary N) is 1. The Balaban J connectivity index is 1.96. The fraction of sp³-hybridized carbons (Fsp3) is 0.133. The Kier molecular flexibility index (Phi) is 5.76. The number of hydrogen-bond donors (Lipinski definition) is 2. The van der Waals surface area contributed by atoms with Gasteiger partial charge in [-0.05, 0) is 35.4 Å². The van der Waals surface area contributed by atoms with Crippen molar-refractivity contribution in [2.45, 2.75) is 13.2 Å². The highest BCUT2D eigenvalue weighted by molar-refractivity contribution is 9.10. The number of hydrogen-bond acceptors (Lipinski definition) is 3. The zero-order valence-corrected chi connectivity index (χ0v) is 13.4. The molecule has 0 heterocycles. The molecule has 110 valence electrons. The highest BCUT2D eigenvalue weighted by atomic mass is 79.9. The Bertz CT molecular complexity index is 649. The van der Waals surface area contributed by atoms with Crippen LogP contribution in [0.15, 0.2) is 46.9 Å². The van der Waals surface area contributed by atoms with E-state index in [9.17, 15) is 4.79 Å². The van der Waals surface area contributed by atoms with Crippen LogP contribution in [-0.4, -0.2) is 5.91 Å². The van der Waals surface area contributed by atoms with Crippen molar-refractivity contribution in [1.82, 2.24) is 5.43 Å². The van der Waals surface area contributed by atoms with Gasteiger partial charge in [-0.3, -0.25) is 10.2 Å². The van der Waals surface area contributed by atoms with Crippen molar-refractivity contribution in [2.24, 2.45) is 5.84 Å². The van der Waals surface area contributed by atoms with E-state index in [4.69, 9.17) is 22.2 Å². The monoisotopic (exact) mass is 368 g/mol. The zero-order valence-electron chi connectivity index (χ0n) is 11.1. The third-order valence-electron chi connectivity index (χ3n) is 2.86. The lowest BCUT2D eigenvalue weighted by Gasteiger charge is -2.08. The topological polar surface area (TPSA) is 64.3 Å². The fourth-order valence-electron chi connectivity index (χ4n) is 1.79. The minimum absolute atomic E-state index is 0.331. The Morgan fingerprint density at radius 3 is 2.71 bits per heavy atom. The van der Waals surface area contributed by atoms with Crippen molar-refractivity contribution in [3.63, 3.8) is 0 Å². The summed E-state index contributed by atoms with van der Waals surface area (Å²) in [4.78, 5) is 11.4. The number of ether oxygens (including phenoxy) is 1. The van der Waals surface area contributed by atoms with Crippen molar-refractivity contribution in [3.05, 3.63) is 68.7 Å². The van der Waals surface area contributed by atoms with Crippen molar-refractivity contribution >= 4 is 33.4 Å². The fourth-order valence-corrected chi connectivity index (χ4v) is 2.50. The van der Waals surface area contributed by atoms with Gasteiger partial charge in [0.05, 0.1) is 13.2 Å². The van der Waals surface area contributed by atoms with E-state index >= 15 is 0 Å². The first-order valence-electron chi connectivity index (χ1n) is 6.21. The van der Waals surface area contributed by atoms with Gasteiger partial charge in [-0.15, -0.1) is 0 Å². The summed E-state index contributed by atoms with van der Waals surface area (Å²) in [5.74, 6) is 4.77. The predicted molar refractivity (Wildman–Crippen MR) is 85.7 cm³/mol. The van der Waals surface area contributed by atoms with Gasteiger partial charge in [0.2, 0.25) is 0 Å². The number of benzene rings is 2. The third kappa shape index (κ3) is 4.54. The van der Waals surface area contributed by atoms with Gasteiger partial charge in [-0.2, -0.15) is 0 Å². The van der Waals surface area contributed by atoms with Gasteiger partial charge in [0.15, 0.2) is 0 Å². The number of hydrazine groups is 1. The summed E-state index contributed by atoms with van der Waals surface area (Å²) >= 11 is 9.34. The Hall–Kier alpha value is -1.40. The smallest absolute Gasteiger partial charge is 0.265 e. The molecule has 2 rings (SSSR count). The first-order valence-corrected chi connectivity index (χ1v) is 7.39. The molecule has 21 heavy (non-hydrogen) atoms. The minimum atomic E-state index is -0.331. The van der Waals surface area contributed by atoms with Crippen LogP contribution in [0, 0.1) is 0 Å². The lowest BCUT2D eigenvalue weighted by Crippen LogP contribution is -2.29. The van der Waals surface area contributed by atoms with Crippen LogP contribution in [0.25, 0.3) is 0 Å². The molecule has 0 radical (unpaired) electrons. The van der Waals surface area contributed by atoms with Crippen LogP contribution in [0.5, 0.6) is 0 Å². The standard InChI is InChI=1S/C15H14BrClN2O2/c16-14-7-11(15(20)19-18)4-5-12(14)9-21-8-10-2-1-3-13(17)6-10/h1-7H,8-9,18H2,(H,19,20). The SMILES string of the molecule is NNC(=O)c1ccc(COCc2cccc(Cl)c2)c(Br)c1. The van der Waals surface area contributed by atoms with E-state index in [-0.39, 0.29) is 5.91 Å². The summed E-state index contributed by atoms with van der Waals surface area (Å²) in [6.45, 7) is 0.898. The average Bonchev–Trinajstić information content (AvgIpc) is 2.48. The van der Waals surface area contributed by atoms with E-state index in [0.29, 0.717) is 23.8 Å². The quantitative estimate of drug-likeness (QED) is 0.482. The average molecular weight is 370 g/mol. The summed E-state index contributed by atoms with van der Waals surface area (Å²) in [5.41, 5.74) is 4.54. The molecule has 4 nitrogen and oxygen atoms in total. The summed E-state index contributed by atoms with van der Waals surface area (Å²) in [7, 11) is 0. The van der Waals surface area contributed by atoms with E-state index in [1.807, 2.05) is 30.3 Å². The molecule has 1 amide bonds. The molecule has 0 atom stereocenters. The van der Waals surface area contributed by atoms with Crippen LogP contribution in [-0.2, 0) is 18.0 Å². The molecule has 0 spiro atoms. The molecule has 0 saturated heterocycles. The molecule has 0 aromatic heterocycles. The molecule has 0 bridgehead atoms.